The molecular weight excluding hydrogens is 205 g/mol. The van der Waals surface area contributed by atoms with Crippen molar-refractivity contribution in [1.29, 1.82) is 0 Å². The lowest BCUT2D eigenvalue weighted by Crippen LogP contribution is -2.10. The standard InChI is InChI=1S/C13H12FNO/c1-10(12-6-2-3-7-13(12)14)15-8-4-5-11(15)9-16/h2-10H,1H3/t10-/m0/s1. The van der Waals surface area contributed by atoms with E-state index in [4.69, 9.17) is 0 Å². The molecule has 0 radical (unpaired) electrons. The summed E-state index contributed by atoms with van der Waals surface area (Å²) in [5, 5.41) is 0. The number of nitrogens with zero attached hydrogens (tertiary/aromatic N) is 1. The van der Waals surface area contributed by atoms with Crippen molar-refractivity contribution >= 4 is 6.29 Å². The monoisotopic (exact) mass is 217 g/mol. The first kappa shape index (κ1) is 10.6. The van der Waals surface area contributed by atoms with Crippen LogP contribution in [0.25, 0.3) is 0 Å². The molecule has 16 heavy (non-hydrogen) atoms. The van der Waals surface area contributed by atoms with Crippen molar-refractivity contribution in [3.63, 3.8) is 0 Å². The molecule has 0 saturated carbocycles. The second-order valence-electron chi connectivity index (χ2n) is 3.66. The fourth-order valence-electron chi connectivity index (χ4n) is 1.82. The van der Waals surface area contributed by atoms with Crippen LogP contribution in [0.15, 0.2) is 42.6 Å². The van der Waals surface area contributed by atoms with Crippen LogP contribution in [0.1, 0.15) is 29.0 Å². The van der Waals surface area contributed by atoms with Gasteiger partial charge in [0.25, 0.3) is 0 Å². The zero-order valence-electron chi connectivity index (χ0n) is 8.93. The maximum Gasteiger partial charge on any atom is 0.166 e. The lowest BCUT2D eigenvalue weighted by molar-refractivity contribution is 0.111. The van der Waals surface area contributed by atoms with Gasteiger partial charge in [0.2, 0.25) is 0 Å². The number of hydrogen-bond acceptors (Lipinski definition) is 1. The fourth-order valence-corrected chi connectivity index (χ4v) is 1.82. The molecule has 2 aromatic rings. The number of carbonyl (C=O) groups is 1. The topological polar surface area (TPSA) is 22.0 Å². The second-order valence-corrected chi connectivity index (χ2v) is 3.66. The summed E-state index contributed by atoms with van der Waals surface area (Å²) in [6.07, 6.45) is 2.55. The molecule has 0 aliphatic carbocycles. The molecule has 0 bridgehead atoms. The predicted molar refractivity (Wildman–Crippen MR) is 60.0 cm³/mol. The van der Waals surface area contributed by atoms with Crippen LogP contribution in [-0.2, 0) is 0 Å². The van der Waals surface area contributed by atoms with E-state index in [-0.39, 0.29) is 11.9 Å². The molecule has 0 spiro atoms. The molecule has 1 heterocycles. The van der Waals surface area contributed by atoms with Crippen LogP contribution in [0.4, 0.5) is 4.39 Å². The van der Waals surface area contributed by atoms with Crippen LogP contribution >= 0.6 is 0 Å². The van der Waals surface area contributed by atoms with E-state index in [1.165, 1.54) is 6.07 Å². The van der Waals surface area contributed by atoms with E-state index < -0.39 is 0 Å². The van der Waals surface area contributed by atoms with Gasteiger partial charge in [0.15, 0.2) is 6.29 Å². The quantitative estimate of drug-likeness (QED) is 0.724. The van der Waals surface area contributed by atoms with Gasteiger partial charge >= 0.3 is 0 Å². The van der Waals surface area contributed by atoms with E-state index in [2.05, 4.69) is 0 Å². The highest BCUT2D eigenvalue weighted by Gasteiger charge is 2.13. The van der Waals surface area contributed by atoms with Crippen LogP contribution in [0.5, 0.6) is 0 Å². The van der Waals surface area contributed by atoms with E-state index in [0.29, 0.717) is 11.3 Å². The lowest BCUT2D eigenvalue weighted by Gasteiger charge is -2.16. The molecule has 0 amide bonds. The number of halogens is 1. The van der Waals surface area contributed by atoms with Gasteiger partial charge in [-0.3, -0.25) is 4.79 Å². The van der Waals surface area contributed by atoms with E-state index in [0.717, 1.165) is 6.29 Å². The average Bonchev–Trinajstić information content (AvgIpc) is 2.77. The first-order chi connectivity index (χ1) is 7.74. The van der Waals surface area contributed by atoms with Crippen LogP contribution in [-0.4, -0.2) is 10.9 Å². The third-order valence-corrected chi connectivity index (χ3v) is 2.71. The van der Waals surface area contributed by atoms with Crippen molar-refractivity contribution in [2.75, 3.05) is 0 Å². The minimum Gasteiger partial charge on any atom is -0.338 e. The van der Waals surface area contributed by atoms with E-state index in [1.807, 2.05) is 6.92 Å². The van der Waals surface area contributed by atoms with Crippen molar-refractivity contribution in [1.82, 2.24) is 4.57 Å². The first-order valence-electron chi connectivity index (χ1n) is 5.10. The summed E-state index contributed by atoms with van der Waals surface area (Å²) in [4.78, 5) is 10.8. The number of aromatic nitrogens is 1. The van der Waals surface area contributed by atoms with Crippen molar-refractivity contribution in [2.45, 2.75) is 13.0 Å². The summed E-state index contributed by atoms with van der Waals surface area (Å²) in [5.74, 6) is -0.249. The van der Waals surface area contributed by atoms with Crippen LogP contribution in [0.3, 0.4) is 0 Å². The Morgan fingerprint density at radius 2 is 2.00 bits per heavy atom. The number of hydrogen-bond donors (Lipinski definition) is 0. The number of aldehydes is 1. The Balaban J connectivity index is 2.43. The molecule has 82 valence electrons. The molecule has 0 aliphatic rings. The van der Waals surface area contributed by atoms with Gasteiger partial charge in [-0.05, 0) is 25.1 Å². The highest BCUT2D eigenvalue weighted by atomic mass is 19.1. The fraction of sp³-hybridized carbons (Fsp3) is 0.154. The summed E-state index contributed by atoms with van der Waals surface area (Å²) >= 11 is 0. The Labute approximate surface area is 93.3 Å². The SMILES string of the molecule is C[C@@H](c1ccccc1F)n1cccc1C=O. The van der Waals surface area contributed by atoms with E-state index >= 15 is 0 Å². The number of carbonyl (C=O) groups excluding carboxylic acids is 1. The highest BCUT2D eigenvalue weighted by molar-refractivity contribution is 5.72. The largest absolute Gasteiger partial charge is 0.338 e. The number of rotatable bonds is 3. The normalized spacial score (nSPS) is 12.4. The van der Waals surface area contributed by atoms with Crippen molar-refractivity contribution in [3.8, 4) is 0 Å². The molecule has 0 unspecified atom stereocenters. The van der Waals surface area contributed by atoms with Crippen molar-refractivity contribution in [2.24, 2.45) is 0 Å². The minimum atomic E-state index is -0.249. The van der Waals surface area contributed by atoms with Gasteiger partial charge in [-0.15, -0.1) is 0 Å². The molecule has 1 aromatic carbocycles. The average molecular weight is 217 g/mol. The molecule has 2 nitrogen and oxygen atoms in total. The van der Waals surface area contributed by atoms with Crippen LogP contribution in [0.2, 0.25) is 0 Å². The van der Waals surface area contributed by atoms with Gasteiger partial charge in [0, 0.05) is 11.8 Å². The van der Waals surface area contributed by atoms with Gasteiger partial charge in [0.05, 0.1) is 11.7 Å². The molecular formula is C13H12FNO. The molecule has 0 N–H and O–H groups in total. The third kappa shape index (κ3) is 1.76. The smallest absolute Gasteiger partial charge is 0.166 e. The predicted octanol–water partition coefficient (Wildman–Crippen LogP) is 3.05. The summed E-state index contributed by atoms with van der Waals surface area (Å²) in [7, 11) is 0. The molecule has 1 aromatic heterocycles. The Hall–Kier alpha value is -1.90. The summed E-state index contributed by atoms with van der Waals surface area (Å²) in [6, 6.07) is 9.91. The van der Waals surface area contributed by atoms with Gasteiger partial charge in [0.1, 0.15) is 5.82 Å². The zero-order chi connectivity index (χ0) is 11.5. The van der Waals surface area contributed by atoms with Gasteiger partial charge in [-0.2, -0.15) is 0 Å². The van der Waals surface area contributed by atoms with E-state index in [9.17, 15) is 9.18 Å². The Bertz CT molecular complexity index is 504. The number of benzene rings is 1. The Morgan fingerprint density at radius 3 is 2.69 bits per heavy atom. The van der Waals surface area contributed by atoms with E-state index in [1.54, 1.807) is 41.1 Å². The van der Waals surface area contributed by atoms with Gasteiger partial charge < -0.3 is 4.57 Å². The summed E-state index contributed by atoms with van der Waals surface area (Å²) < 4.78 is 15.3. The minimum absolute atomic E-state index is 0.184. The third-order valence-electron chi connectivity index (χ3n) is 2.71. The molecule has 3 heteroatoms. The molecule has 0 fully saturated rings. The van der Waals surface area contributed by atoms with Crippen LogP contribution in [0, 0.1) is 5.82 Å². The van der Waals surface area contributed by atoms with Crippen molar-refractivity contribution < 1.29 is 9.18 Å². The van der Waals surface area contributed by atoms with Crippen LogP contribution < -0.4 is 0 Å². The molecule has 2 rings (SSSR count). The maximum absolute atomic E-state index is 13.6. The first-order valence-corrected chi connectivity index (χ1v) is 5.10. The second kappa shape index (κ2) is 4.31. The molecule has 1 atom stereocenters. The molecule has 0 saturated heterocycles. The Kier molecular flexibility index (Phi) is 2.86. The Morgan fingerprint density at radius 1 is 1.25 bits per heavy atom. The zero-order valence-corrected chi connectivity index (χ0v) is 8.93. The van der Waals surface area contributed by atoms with Gasteiger partial charge in [-0.25, -0.2) is 4.39 Å². The lowest BCUT2D eigenvalue weighted by atomic mass is 10.1. The van der Waals surface area contributed by atoms with Crippen molar-refractivity contribution in [3.05, 3.63) is 59.7 Å². The summed E-state index contributed by atoms with van der Waals surface area (Å²) in [5.41, 5.74) is 1.14. The molecule has 0 aliphatic heterocycles. The van der Waals surface area contributed by atoms with Gasteiger partial charge in [-0.1, -0.05) is 18.2 Å². The summed E-state index contributed by atoms with van der Waals surface area (Å²) in [6.45, 7) is 1.87. The highest BCUT2D eigenvalue weighted by Crippen LogP contribution is 2.22. The maximum atomic E-state index is 13.6.